The summed E-state index contributed by atoms with van der Waals surface area (Å²) in [6, 6.07) is 22.7. The Kier molecular flexibility index (Phi) is 8.03. The van der Waals surface area contributed by atoms with Crippen molar-refractivity contribution in [3.63, 3.8) is 0 Å². The van der Waals surface area contributed by atoms with E-state index < -0.39 is 11.3 Å². The van der Waals surface area contributed by atoms with Gasteiger partial charge in [0.2, 0.25) is 0 Å². The van der Waals surface area contributed by atoms with E-state index in [-0.39, 0.29) is 30.8 Å². The highest BCUT2D eigenvalue weighted by Crippen LogP contribution is 2.47. The zero-order valence-electron chi connectivity index (χ0n) is 18.8. The van der Waals surface area contributed by atoms with Crippen molar-refractivity contribution in [3.8, 4) is 12.1 Å². The third-order valence-electron chi connectivity index (χ3n) is 6.38. The maximum atomic E-state index is 12.5. The van der Waals surface area contributed by atoms with Crippen molar-refractivity contribution < 1.29 is 14.3 Å². The molecule has 0 bridgehead atoms. The van der Waals surface area contributed by atoms with Crippen LogP contribution in [0.2, 0.25) is 0 Å². The van der Waals surface area contributed by atoms with Crippen LogP contribution in [0.25, 0.3) is 0 Å². The minimum atomic E-state index is -1.27. The van der Waals surface area contributed by atoms with Gasteiger partial charge in [0.05, 0.1) is 38.4 Å². The van der Waals surface area contributed by atoms with Crippen molar-refractivity contribution in [2.24, 2.45) is 11.3 Å². The van der Waals surface area contributed by atoms with Gasteiger partial charge in [-0.3, -0.25) is 4.79 Å². The lowest BCUT2D eigenvalue weighted by molar-refractivity contribution is -0.145. The smallest absolute Gasteiger partial charge is 0.306 e. The number of hydrogen-bond acceptors (Lipinski definition) is 5. The molecule has 0 amide bonds. The van der Waals surface area contributed by atoms with Gasteiger partial charge in [-0.1, -0.05) is 60.2 Å². The summed E-state index contributed by atoms with van der Waals surface area (Å²) >= 11 is 0. The molecule has 0 saturated carbocycles. The fourth-order valence-electron chi connectivity index (χ4n) is 4.71. The number of aryl methyl sites for hydroxylation is 1. The van der Waals surface area contributed by atoms with Gasteiger partial charge in [0.25, 0.3) is 0 Å². The van der Waals surface area contributed by atoms with Gasteiger partial charge in [-0.05, 0) is 37.8 Å². The van der Waals surface area contributed by atoms with Gasteiger partial charge >= 0.3 is 5.97 Å². The highest BCUT2D eigenvalue weighted by Gasteiger charge is 2.46. The van der Waals surface area contributed by atoms with Crippen molar-refractivity contribution in [1.29, 1.82) is 10.5 Å². The topological polar surface area (TPSA) is 83.1 Å². The molecule has 0 radical (unpaired) electrons. The van der Waals surface area contributed by atoms with E-state index in [2.05, 4.69) is 24.3 Å². The standard InChI is InChI=1S/C27H30N2O3/c1-3-32-25(30)15-24-17-31-16-23(21-7-5-4-6-8-21)13-14-27(18-28,19-29)26(24)22-11-9-20(2)10-12-22/h4-12,23-24,26H,3,13-17H2,1-2H3. The molecular weight excluding hydrogens is 400 g/mol. The van der Waals surface area contributed by atoms with Crippen LogP contribution in [0.15, 0.2) is 54.6 Å². The van der Waals surface area contributed by atoms with E-state index in [0.717, 1.165) is 16.7 Å². The molecule has 5 heteroatoms. The van der Waals surface area contributed by atoms with Gasteiger partial charge in [0.1, 0.15) is 0 Å². The van der Waals surface area contributed by atoms with Crippen molar-refractivity contribution in [1.82, 2.24) is 0 Å². The zero-order valence-corrected chi connectivity index (χ0v) is 18.8. The monoisotopic (exact) mass is 430 g/mol. The first-order valence-electron chi connectivity index (χ1n) is 11.2. The number of ether oxygens (including phenoxy) is 2. The van der Waals surface area contributed by atoms with E-state index >= 15 is 0 Å². The highest BCUT2D eigenvalue weighted by molar-refractivity contribution is 5.70. The van der Waals surface area contributed by atoms with Crippen LogP contribution in [-0.4, -0.2) is 25.8 Å². The van der Waals surface area contributed by atoms with E-state index in [1.165, 1.54) is 0 Å². The molecule has 1 aliphatic heterocycles. The van der Waals surface area contributed by atoms with E-state index in [4.69, 9.17) is 9.47 Å². The Morgan fingerprint density at radius 1 is 1.06 bits per heavy atom. The van der Waals surface area contributed by atoms with Crippen molar-refractivity contribution in [2.45, 2.75) is 44.9 Å². The summed E-state index contributed by atoms with van der Waals surface area (Å²) in [6.07, 6.45) is 1.16. The molecule has 0 aromatic heterocycles. The zero-order chi connectivity index (χ0) is 23.0. The summed E-state index contributed by atoms with van der Waals surface area (Å²) < 4.78 is 11.4. The first kappa shape index (κ1) is 23.5. The van der Waals surface area contributed by atoms with Crippen LogP contribution < -0.4 is 0 Å². The average molecular weight is 431 g/mol. The third kappa shape index (κ3) is 5.36. The molecule has 166 valence electrons. The lowest BCUT2D eigenvalue weighted by atomic mass is 9.64. The number of carbonyl (C=O) groups excluding carboxylic acids is 1. The number of rotatable bonds is 5. The molecule has 5 nitrogen and oxygen atoms in total. The summed E-state index contributed by atoms with van der Waals surface area (Å²) in [5.41, 5.74) is 1.84. The molecule has 3 atom stereocenters. The molecule has 2 aromatic carbocycles. The largest absolute Gasteiger partial charge is 0.466 e. The van der Waals surface area contributed by atoms with Crippen molar-refractivity contribution in [3.05, 3.63) is 71.3 Å². The fraction of sp³-hybridized carbons (Fsp3) is 0.444. The van der Waals surface area contributed by atoms with Gasteiger partial charge in [-0.2, -0.15) is 10.5 Å². The van der Waals surface area contributed by atoms with Crippen LogP contribution in [0, 0.1) is 40.9 Å². The SMILES string of the molecule is CCOC(=O)CC1COCC(c2ccccc2)CCC(C#N)(C#N)C1c1ccc(C)cc1. The molecule has 3 unspecified atom stereocenters. The van der Waals surface area contributed by atoms with Gasteiger partial charge in [-0.25, -0.2) is 0 Å². The Balaban J connectivity index is 2.04. The van der Waals surface area contributed by atoms with Crippen LogP contribution in [0.5, 0.6) is 0 Å². The predicted octanol–water partition coefficient (Wildman–Crippen LogP) is 5.28. The van der Waals surface area contributed by atoms with Crippen LogP contribution in [0.3, 0.4) is 0 Å². The van der Waals surface area contributed by atoms with Crippen LogP contribution in [0.4, 0.5) is 0 Å². The van der Waals surface area contributed by atoms with Crippen molar-refractivity contribution in [2.75, 3.05) is 19.8 Å². The van der Waals surface area contributed by atoms with Gasteiger partial charge in [0.15, 0.2) is 5.41 Å². The lowest BCUT2D eigenvalue weighted by Gasteiger charge is -2.35. The number of nitriles is 2. The molecule has 0 N–H and O–H groups in total. The minimum absolute atomic E-state index is 0.0808. The van der Waals surface area contributed by atoms with E-state index in [1.54, 1.807) is 6.92 Å². The average Bonchev–Trinajstić information content (AvgIpc) is 2.88. The second-order valence-corrected chi connectivity index (χ2v) is 8.54. The Hall–Kier alpha value is -3.15. The Bertz CT molecular complexity index is 959. The molecular formula is C27H30N2O3. The number of hydrogen-bond donors (Lipinski definition) is 0. The summed E-state index contributed by atoms with van der Waals surface area (Å²) in [5.74, 6) is -1.05. The molecule has 1 heterocycles. The van der Waals surface area contributed by atoms with Crippen molar-refractivity contribution >= 4 is 5.97 Å². The lowest BCUT2D eigenvalue weighted by Crippen LogP contribution is -2.35. The quantitative estimate of drug-likeness (QED) is 0.603. The summed E-state index contributed by atoms with van der Waals surface area (Å²) in [7, 11) is 0. The molecule has 0 aliphatic carbocycles. The molecule has 1 aliphatic rings. The fourth-order valence-corrected chi connectivity index (χ4v) is 4.71. The van der Waals surface area contributed by atoms with Gasteiger partial charge in [0, 0.05) is 17.8 Å². The molecule has 1 fully saturated rings. The molecule has 3 rings (SSSR count). The maximum Gasteiger partial charge on any atom is 0.306 e. The summed E-state index contributed by atoms with van der Waals surface area (Å²) in [5, 5.41) is 20.6. The van der Waals surface area contributed by atoms with E-state index in [9.17, 15) is 15.3 Å². The van der Waals surface area contributed by atoms with Crippen LogP contribution >= 0.6 is 0 Å². The molecule has 0 spiro atoms. The molecule has 32 heavy (non-hydrogen) atoms. The third-order valence-corrected chi connectivity index (χ3v) is 6.38. The summed E-state index contributed by atoms with van der Waals surface area (Å²) in [4.78, 5) is 12.5. The Labute approximate surface area is 190 Å². The number of benzene rings is 2. The number of esters is 1. The van der Waals surface area contributed by atoms with E-state index in [0.29, 0.717) is 26.1 Å². The molecule has 2 aromatic rings. The molecule has 1 saturated heterocycles. The van der Waals surface area contributed by atoms with E-state index in [1.807, 2.05) is 49.4 Å². The Morgan fingerprint density at radius 3 is 2.38 bits per heavy atom. The van der Waals surface area contributed by atoms with Crippen LogP contribution in [0.1, 0.15) is 54.7 Å². The number of carbonyl (C=O) groups is 1. The predicted molar refractivity (Wildman–Crippen MR) is 122 cm³/mol. The first-order chi connectivity index (χ1) is 15.5. The normalized spacial score (nSPS) is 22.9. The second-order valence-electron chi connectivity index (χ2n) is 8.54. The highest BCUT2D eigenvalue weighted by atomic mass is 16.5. The number of nitrogens with zero attached hydrogens (tertiary/aromatic N) is 2. The second kappa shape index (κ2) is 10.9. The van der Waals surface area contributed by atoms with Gasteiger partial charge < -0.3 is 9.47 Å². The first-order valence-corrected chi connectivity index (χ1v) is 11.2. The maximum absolute atomic E-state index is 12.5. The minimum Gasteiger partial charge on any atom is -0.466 e. The van der Waals surface area contributed by atoms with Crippen LogP contribution in [-0.2, 0) is 14.3 Å². The Morgan fingerprint density at radius 2 is 1.75 bits per heavy atom. The van der Waals surface area contributed by atoms with Gasteiger partial charge in [-0.15, -0.1) is 0 Å². The summed E-state index contributed by atoms with van der Waals surface area (Å²) in [6.45, 7) is 4.83.